The molecule has 0 atom stereocenters. The second-order valence-corrected chi connectivity index (χ2v) is 11.3. The topological polar surface area (TPSA) is 64.3 Å². The SMILES string of the molecule is CCN(c1cc(Cl)cc2c(NCc3c(C)cc(C)[nH]c3=O)nccc12)C1CCC(N2CCCCC2)CC1. The average molecular weight is 522 g/mol. The molecule has 0 unspecified atom stereocenters. The van der Waals surface area contributed by atoms with Crippen molar-refractivity contribution >= 4 is 33.9 Å². The van der Waals surface area contributed by atoms with Crippen molar-refractivity contribution in [3.8, 4) is 0 Å². The van der Waals surface area contributed by atoms with Crippen LogP contribution >= 0.6 is 11.6 Å². The van der Waals surface area contributed by atoms with Crippen LogP contribution in [0, 0.1) is 13.8 Å². The van der Waals surface area contributed by atoms with Crippen LogP contribution in [0.5, 0.6) is 0 Å². The highest BCUT2D eigenvalue weighted by atomic mass is 35.5. The predicted octanol–water partition coefficient (Wildman–Crippen LogP) is 6.43. The lowest BCUT2D eigenvalue weighted by atomic mass is 9.87. The summed E-state index contributed by atoms with van der Waals surface area (Å²) in [7, 11) is 0. The fourth-order valence-electron chi connectivity index (χ4n) is 6.53. The van der Waals surface area contributed by atoms with Gasteiger partial charge in [-0.3, -0.25) is 4.79 Å². The van der Waals surface area contributed by atoms with E-state index in [2.05, 4.69) is 44.1 Å². The van der Waals surface area contributed by atoms with Gasteiger partial charge in [-0.1, -0.05) is 18.0 Å². The Bertz CT molecular complexity index is 1290. The van der Waals surface area contributed by atoms with Crippen molar-refractivity contribution < 1.29 is 0 Å². The van der Waals surface area contributed by atoms with Crippen LogP contribution in [0.25, 0.3) is 10.8 Å². The number of halogens is 1. The quantitative estimate of drug-likeness (QED) is 0.375. The van der Waals surface area contributed by atoms with E-state index < -0.39 is 0 Å². The lowest BCUT2D eigenvalue weighted by Crippen LogP contribution is -2.45. The summed E-state index contributed by atoms with van der Waals surface area (Å²) in [5, 5.41) is 6.28. The average Bonchev–Trinajstić information content (AvgIpc) is 2.89. The Kier molecular flexibility index (Phi) is 8.06. The first-order valence-electron chi connectivity index (χ1n) is 14.0. The number of H-pyrrole nitrogens is 1. The highest BCUT2D eigenvalue weighted by Gasteiger charge is 2.30. The van der Waals surface area contributed by atoms with Gasteiger partial charge in [-0.05, 0) is 102 Å². The van der Waals surface area contributed by atoms with E-state index in [-0.39, 0.29) is 5.56 Å². The van der Waals surface area contributed by atoms with E-state index in [0.29, 0.717) is 17.6 Å². The van der Waals surface area contributed by atoms with Crippen molar-refractivity contribution in [2.24, 2.45) is 0 Å². The molecule has 6 nitrogen and oxygen atoms in total. The number of aromatic amines is 1. The first-order valence-corrected chi connectivity index (χ1v) is 14.3. The Morgan fingerprint density at radius 2 is 1.84 bits per heavy atom. The van der Waals surface area contributed by atoms with E-state index >= 15 is 0 Å². The maximum atomic E-state index is 12.5. The zero-order valence-corrected chi connectivity index (χ0v) is 23.2. The number of fused-ring (bicyclic) bond motifs is 1. The van der Waals surface area contributed by atoms with E-state index in [9.17, 15) is 4.79 Å². The molecule has 198 valence electrons. The highest BCUT2D eigenvalue weighted by molar-refractivity contribution is 6.32. The van der Waals surface area contributed by atoms with Gasteiger partial charge in [0, 0.05) is 64.1 Å². The van der Waals surface area contributed by atoms with Crippen LogP contribution in [-0.4, -0.2) is 46.6 Å². The van der Waals surface area contributed by atoms with Crippen molar-refractivity contribution in [1.82, 2.24) is 14.9 Å². The normalized spacial score (nSPS) is 20.8. The van der Waals surface area contributed by atoms with E-state index in [1.54, 1.807) is 0 Å². The van der Waals surface area contributed by atoms with Crippen LogP contribution in [-0.2, 0) is 6.54 Å². The molecular formula is C30H40ClN5O. The number of hydrogen-bond donors (Lipinski definition) is 2. The lowest BCUT2D eigenvalue weighted by molar-refractivity contribution is 0.124. The van der Waals surface area contributed by atoms with Gasteiger partial charge in [0.05, 0.1) is 0 Å². The van der Waals surface area contributed by atoms with Crippen molar-refractivity contribution in [3.63, 3.8) is 0 Å². The summed E-state index contributed by atoms with van der Waals surface area (Å²) in [5.74, 6) is 0.755. The Balaban J connectivity index is 1.38. The molecule has 0 amide bonds. The van der Waals surface area contributed by atoms with Gasteiger partial charge in [0.25, 0.3) is 5.56 Å². The van der Waals surface area contributed by atoms with E-state index in [0.717, 1.165) is 46.0 Å². The largest absolute Gasteiger partial charge is 0.368 e. The minimum absolute atomic E-state index is 0.0544. The number of anilines is 2. The fraction of sp³-hybridized carbons (Fsp3) is 0.533. The molecule has 7 heteroatoms. The van der Waals surface area contributed by atoms with Crippen molar-refractivity contribution in [2.45, 2.75) is 84.3 Å². The van der Waals surface area contributed by atoms with Gasteiger partial charge in [-0.2, -0.15) is 0 Å². The molecule has 0 bridgehead atoms. The Morgan fingerprint density at radius 3 is 2.54 bits per heavy atom. The molecule has 3 aromatic rings. The second-order valence-electron chi connectivity index (χ2n) is 10.8. The van der Waals surface area contributed by atoms with Gasteiger partial charge >= 0.3 is 0 Å². The fourth-order valence-corrected chi connectivity index (χ4v) is 6.74. The maximum absolute atomic E-state index is 12.5. The molecule has 37 heavy (non-hydrogen) atoms. The van der Waals surface area contributed by atoms with Crippen molar-refractivity contribution in [1.29, 1.82) is 0 Å². The summed E-state index contributed by atoms with van der Waals surface area (Å²) in [5.41, 5.74) is 3.70. The molecule has 2 aromatic heterocycles. The maximum Gasteiger partial charge on any atom is 0.253 e. The summed E-state index contributed by atoms with van der Waals surface area (Å²) in [6, 6.07) is 9.47. The molecule has 1 aliphatic carbocycles. The smallest absolute Gasteiger partial charge is 0.253 e. The van der Waals surface area contributed by atoms with Crippen LogP contribution in [0.2, 0.25) is 5.02 Å². The van der Waals surface area contributed by atoms with E-state index in [1.807, 2.05) is 32.2 Å². The van der Waals surface area contributed by atoms with Crippen molar-refractivity contribution in [3.05, 3.63) is 62.7 Å². The number of rotatable bonds is 7. The summed E-state index contributed by atoms with van der Waals surface area (Å²) >= 11 is 6.70. The third kappa shape index (κ3) is 5.65. The van der Waals surface area contributed by atoms with E-state index in [1.165, 1.54) is 63.7 Å². The molecule has 5 rings (SSSR count). The third-order valence-corrected chi connectivity index (χ3v) is 8.63. The van der Waals surface area contributed by atoms with Gasteiger partial charge < -0.3 is 20.1 Å². The first kappa shape index (κ1) is 26.1. The number of nitrogens with zero attached hydrogens (tertiary/aromatic N) is 3. The van der Waals surface area contributed by atoms with Crippen LogP contribution in [0.3, 0.4) is 0 Å². The summed E-state index contributed by atoms with van der Waals surface area (Å²) < 4.78 is 0. The number of likely N-dealkylation sites (tertiary alicyclic amines) is 1. The third-order valence-electron chi connectivity index (χ3n) is 8.41. The summed E-state index contributed by atoms with van der Waals surface area (Å²) in [6.45, 7) is 10.0. The molecular weight excluding hydrogens is 482 g/mol. The zero-order chi connectivity index (χ0) is 25.9. The Morgan fingerprint density at radius 1 is 1.08 bits per heavy atom. The standard InChI is InChI=1S/C30H40ClN5O/c1-4-36(24-10-8-23(9-11-24)35-14-6-5-7-15-35)28-18-22(31)17-26-25(28)12-13-32-29(26)33-19-27-20(2)16-21(3)34-30(27)37/h12-13,16-18,23-24H,4-11,14-15,19H2,1-3H3,(H,32,33)(H,34,37). The molecule has 1 saturated heterocycles. The minimum atomic E-state index is -0.0544. The lowest BCUT2D eigenvalue weighted by Gasteiger charge is -2.42. The monoisotopic (exact) mass is 521 g/mol. The molecule has 0 radical (unpaired) electrons. The molecule has 1 saturated carbocycles. The van der Waals surface area contributed by atoms with Gasteiger partial charge in [0.1, 0.15) is 5.82 Å². The number of pyridine rings is 2. The molecule has 1 aromatic carbocycles. The number of nitrogens with one attached hydrogen (secondary N) is 2. The molecule has 3 heterocycles. The van der Waals surface area contributed by atoms with Crippen LogP contribution in [0.15, 0.2) is 35.3 Å². The van der Waals surface area contributed by atoms with Gasteiger partial charge in [-0.15, -0.1) is 0 Å². The minimum Gasteiger partial charge on any atom is -0.368 e. The van der Waals surface area contributed by atoms with Gasteiger partial charge in [0.15, 0.2) is 0 Å². The summed E-state index contributed by atoms with van der Waals surface area (Å²) in [4.78, 5) is 25.4. The first-order chi connectivity index (χ1) is 17.9. The van der Waals surface area contributed by atoms with Gasteiger partial charge in [0.2, 0.25) is 0 Å². The number of benzene rings is 1. The number of hydrogen-bond acceptors (Lipinski definition) is 5. The van der Waals surface area contributed by atoms with Crippen LogP contribution < -0.4 is 15.8 Å². The number of piperidine rings is 1. The Labute approximate surface area is 225 Å². The van der Waals surface area contributed by atoms with Crippen molar-refractivity contribution in [2.75, 3.05) is 29.9 Å². The van der Waals surface area contributed by atoms with Gasteiger partial charge in [-0.25, -0.2) is 4.98 Å². The highest BCUT2D eigenvalue weighted by Crippen LogP contribution is 2.38. The second kappa shape index (κ2) is 11.4. The molecule has 2 aliphatic rings. The molecule has 0 spiro atoms. The Hall–Kier alpha value is -2.57. The number of aromatic nitrogens is 2. The summed E-state index contributed by atoms with van der Waals surface area (Å²) in [6.07, 6.45) is 11.0. The predicted molar refractivity (Wildman–Crippen MR) is 155 cm³/mol. The van der Waals surface area contributed by atoms with E-state index in [4.69, 9.17) is 11.6 Å². The molecule has 2 N–H and O–H groups in total. The zero-order valence-electron chi connectivity index (χ0n) is 22.4. The van der Waals surface area contributed by atoms with Crippen LogP contribution in [0.1, 0.15) is 68.7 Å². The molecule has 2 fully saturated rings. The van der Waals surface area contributed by atoms with Crippen LogP contribution in [0.4, 0.5) is 11.5 Å². The molecule has 1 aliphatic heterocycles. The number of aryl methyl sites for hydroxylation is 2.